The first-order chi connectivity index (χ1) is 19.6. The van der Waals surface area contributed by atoms with Gasteiger partial charge in [-0.2, -0.15) is 11.3 Å². The van der Waals surface area contributed by atoms with Crippen LogP contribution in [0.2, 0.25) is 0 Å². The van der Waals surface area contributed by atoms with E-state index in [4.69, 9.17) is 4.74 Å². The molecule has 4 heterocycles. The Labute approximate surface area is 248 Å². The van der Waals surface area contributed by atoms with E-state index in [-0.39, 0.29) is 11.7 Å². The zero-order valence-electron chi connectivity index (χ0n) is 23.8. The Bertz CT molecular complexity index is 1300. The minimum atomic E-state index is -0.639. The number of urea groups is 1. The van der Waals surface area contributed by atoms with E-state index in [1.165, 1.54) is 22.7 Å². The van der Waals surface area contributed by atoms with Crippen LogP contribution in [-0.4, -0.2) is 89.6 Å². The number of aromatic nitrogens is 1. The summed E-state index contributed by atoms with van der Waals surface area (Å²) < 4.78 is 5.30. The van der Waals surface area contributed by atoms with Crippen LogP contribution in [0, 0.1) is 0 Å². The van der Waals surface area contributed by atoms with Crippen LogP contribution >= 0.6 is 22.7 Å². The Morgan fingerprint density at radius 1 is 0.976 bits per heavy atom. The molecule has 1 aliphatic rings. The van der Waals surface area contributed by atoms with Gasteiger partial charge in [-0.15, -0.1) is 11.3 Å². The summed E-state index contributed by atoms with van der Waals surface area (Å²) in [6, 6.07) is 5.13. The molecule has 3 aromatic rings. The Balaban J connectivity index is 1.37. The molecule has 13 heteroatoms. The first-order valence-electron chi connectivity index (χ1n) is 13.4. The van der Waals surface area contributed by atoms with Crippen molar-refractivity contribution in [3.8, 4) is 0 Å². The van der Waals surface area contributed by atoms with Crippen molar-refractivity contribution in [2.75, 3.05) is 62.3 Å². The third kappa shape index (κ3) is 9.52. The SMILES string of the molecule is CN1CCN(CCN(Cc2ccc(C(=O)Nc3cscc3NC(=O)OC(C)(C)C)nc2)C(=O)Nc2ccsc2)CC1. The molecular formula is C28H37N7O4S2. The van der Waals surface area contributed by atoms with Crippen LogP contribution in [0.4, 0.5) is 26.7 Å². The van der Waals surface area contributed by atoms with E-state index in [9.17, 15) is 14.4 Å². The van der Waals surface area contributed by atoms with Crippen molar-refractivity contribution in [3.05, 3.63) is 57.2 Å². The number of piperazine rings is 1. The highest BCUT2D eigenvalue weighted by molar-refractivity contribution is 7.09. The van der Waals surface area contributed by atoms with Gasteiger partial charge in [-0.05, 0) is 50.9 Å². The van der Waals surface area contributed by atoms with E-state index in [1.807, 2.05) is 16.8 Å². The molecule has 3 aromatic heterocycles. The molecule has 0 bridgehead atoms. The van der Waals surface area contributed by atoms with Crippen molar-refractivity contribution in [3.63, 3.8) is 0 Å². The number of carbonyl (C=O) groups is 3. The summed E-state index contributed by atoms with van der Waals surface area (Å²) in [7, 11) is 2.12. The van der Waals surface area contributed by atoms with Gasteiger partial charge in [0.1, 0.15) is 11.3 Å². The average molecular weight is 600 g/mol. The van der Waals surface area contributed by atoms with Crippen LogP contribution in [-0.2, 0) is 11.3 Å². The van der Waals surface area contributed by atoms with Gasteiger partial charge in [-0.1, -0.05) is 6.07 Å². The van der Waals surface area contributed by atoms with Crippen LogP contribution in [0.1, 0.15) is 36.8 Å². The summed E-state index contributed by atoms with van der Waals surface area (Å²) in [6.45, 7) is 11.0. The van der Waals surface area contributed by atoms with Gasteiger partial charge < -0.3 is 25.2 Å². The van der Waals surface area contributed by atoms with E-state index in [1.54, 1.807) is 54.8 Å². The lowest BCUT2D eigenvalue weighted by Gasteiger charge is -2.34. The molecule has 0 aliphatic carbocycles. The highest BCUT2D eigenvalue weighted by atomic mass is 32.1. The van der Waals surface area contributed by atoms with Crippen LogP contribution in [0.5, 0.6) is 0 Å². The number of carbonyl (C=O) groups excluding carboxylic acids is 3. The lowest BCUT2D eigenvalue weighted by atomic mass is 10.2. The molecule has 41 heavy (non-hydrogen) atoms. The van der Waals surface area contributed by atoms with E-state index in [0.29, 0.717) is 24.5 Å². The summed E-state index contributed by atoms with van der Waals surface area (Å²) in [5, 5.41) is 15.7. The molecule has 1 saturated heterocycles. The second kappa shape index (κ2) is 13.9. The second-order valence-corrected chi connectivity index (χ2v) is 12.4. The fourth-order valence-electron chi connectivity index (χ4n) is 4.09. The lowest BCUT2D eigenvalue weighted by molar-refractivity contribution is 0.0635. The van der Waals surface area contributed by atoms with Gasteiger partial charge in [0, 0.05) is 68.2 Å². The Morgan fingerprint density at radius 2 is 1.71 bits per heavy atom. The summed E-state index contributed by atoms with van der Waals surface area (Å²) >= 11 is 2.86. The number of hydrogen-bond acceptors (Lipinski definition) is 9. The fourth-order valence-corrected chi connectivity index (χ4v) is 5.39. The highest BCUT2D eigenvalue weighted by Gasteiger charge is 2.21. The van der Waals surface area contributed by atoms with Gasteiger partial charge in [-0.25, -0.2) is 9.59 Å². The molecule has 0 spiro atoms. The number of pyridine rings is 1. The predicted molar refractivity (Wildman–Crippen MR) is 164 cm³/mol. The summed E-state index contributed by atoms with van der Waals surface area (Å²) in [5.41, 5.74) is 2.06. The summed E-state index contributed by atoms with van der Waals surface area (Å²) in [5.74, 6) is -0.413. The highest BCUT2D eigenvalue weighted by Crippen LogP contribution is 2.27. The van der Waals surface area contributed by atoms with Crippen LogP contribution < -0.4 is 16.0 Å². The molecule has 11 nitrogen and oxygen atoms in total. The van der Waals surface area contributed by atoms with Gasteiger partial charge in [-0.3, -0.25) is 20.0 Å². The number of rotatable bonds is 9. The zero-order chi connectivity index (χ0) is 29.4. The first kappa shape index (κ1) is 30.4. The number of anilines is 3. The van der Waals surface area contributed by atoms with Gasteiger partial charge >= 0.3 is 12.1 Å². The normalized spacial score (nSPS) is 14.3. The number of likely N-dealkylation sites (N-methyl/N-ethyl adjacent to an activating group) is 1. The second-order valence-electron chi connectivity index (χ2n) is 10.8. The molecule has 0 aromatic carbocycles. The molecule has 4 rings (SSSR count). The summed E-state index contributed by atoms with van der Waals surface area (Å²) in [4.78, 5) is 49.0. The topological polar surface area (TPSA) is 119 Å². The minimum absolute atomic E-state index is 0.179. The number of thiophene rings is 2. The standard InChI is InChI=1S/C28H37N7O4S2/c1-28(2,3)39-27(38)32-24-19-41-18-23(24)31-25(36)22-6-5-20(15-29-22)16-35(26(37)30-21-7-14-40-17-21)13-12-34-10-8-33(4)9-11-34/h5-7,14-15,17-19H,8-13,16H2,1-4H3,(H,30,37)(H,31,36)(H,32,38). The first-order valence-corrected chi connectivity index (χ1v) is 15.3. The van der Waals surface area contributed by atoms with Crippen molar-refractivity contribution in [1.29, 1.82) is 0 Å². The minimum Gasteiger partial charge on any atom is -0.444 e. The molecule has 3 N–H and O–H groups in total. The number of nitrogens with zero attached hydrogens (tertiary/aromatic N) is 4. The Hall–Kier alpha value is -3.52. The number of amides is 4. The van der Waals surface area contributed by atoms with Crippen molar-refractivity contribution in [2.24, 2.45) is 0 Å². The van der Waals surface area contributed by atoms with Crippen molar-refractivity contribution < 1.29 is 19.1 Å². The Kier molecular flexibility index (Phi) is 10.3. The monoisotopic (exact) mass is 599 g/mol. The molecular weight excluding hydrogens is 562 g/mol. The fraction of sp³-hybridized carbons (Fsp3) is 0.429. The molecule has 220 valence electrons. The van der Waals surface area contributed by atoms with E-state index >= 15 is 0 Å². The molecule has 1 aliphatic heterocycles. The van der Waals surface area contributed by atoms with Crippen LogP contribution in [0.3, 0.4) is 0 Å². The van der Waals surface area contributed by atoms with E-state index in [2.05, 4.69) is 37.8 Å². The van der Waals surface area contributed by atoms with E-state index in [0.717, 1.165) is 44.0 Å². The maximum Gasteiger partial charge on any atom is 0.412 e. The maximum atomic E-state index is 13.1. The number of ether oxygens (including phenoxy) is 1. The van der Waals surface area contributed by atoms with E-state index < -0.39 is 17.6 Å². The molecule has 0 radical (unpaired) electrons. The smallest absolute Gasteiger partial charge is 0.412 e. The Morgan fingerprint density at radius 3 is 2.34 bits per heavy atom. The maximum absolute atomic E-state index is 13.1. The van der Waals surface area contributed by atoms with Gasteiger partial charge in [0.25, 0.3) is 5.91 Å². The lowest BCUT2D eigenvalue weighted by Crippen LogP contribution is -2.48. The molecule has 0 unspecified atom stereocenters. The number of nitrogens with one attached hydrogen (secondary N) is 3. The third-order valence-electron chi connectivity index (χ3n) is 6.32. The van der Waals surface area contributed by atoms with Crippen LogP contribution in [0.25, 0.3) is 0 Å². The van der Waals surface area contributed by atoms with Crippen molar-refractivity contribution in [2.45, 2.75) is 32.9 Å². The van der Waals surface area contributed by atoms with Gasteiger partial charge in [0.05, 0.1) is 17.1 Å². The average Bonchev–Trinajstić information content (AvgIpc) is 3.59. The predicted octanol–water partition coefficient (Wildman–Crippen LogP) is 5.09. The van der Waals surface area contributed by atoms with Gasteiger partial charge in [0.15, 0.2) is 0 Å². The quantitative estimate of drug-likeness (QED) is 0.314. The third-order valence-corrected chi connectivity index (χ3v) is 7.75. The summed E-state index contributed by atoms with van der Waals surface area (Å²) in [6.07, 6.45) is 1.01. The molecule has 0 atom stereocenters. The molecule has 0 saturated carbocycles. The molecule has 1 fully saturated rings. The zero-order valence-corrected chi connectivity index (χ0v) is 25.4. The number of hydrogen-bond donors (Lipinski definition) is 3. The van der Waals surface area contributed by atoms with Gasteiger partial charge in [0.2, 0.25) is 0 Å². The van der Waals surface area contributed by atoms with Crippen molar-refractivity contribution in [1.82, 2.24) is 19.7 Å². The van der Waals surface area contributed by atoms with Crippen LogP contribution in [0.15, 0.2) is 45.9 Å². The molecule has 4 amide bonds. The van der Waals surface area contributed by atoms with Crippen molar-refractivity contribution >= 4 is 57.8 Å². The largest absolute Gasteiger partial charge is 0.444 e.